The largest absolute Gasteiger partial charge is 0.374 e. The molecular formula is C17H29N3O. The van der Waals surface area contributed by atoms with Crippen LogP contribution in [0.4, 0.5) is 0 Å². The first-order chi connectivity index (χ1) is 10.0. The van der Waals surface area contributed by atoms with Crippen molar-refractivity contribution in [1.29, 1.82) is 0 Å². The predicted molar refractivity (Wildman–Crippen MR) is 89.5 cm³/mol. The van der Waals surface area contributed by atoms with Crippen LogP contribution in [0.1, 0.15) is 45.2 Å². The fourth-order valence-electron chi connectivity index (χ4n) is 1.81. The fraction of sp³-hybridized carbons (Fsp3) is 0.588. The lowest BCUT2D eigenvalue weighted by Gasteiger charge is -2.16. The highest BCUT2D eigenvalue weighted by molar-refractivity contribution is 5.79. The van der Waals surface area contributed by atoms with Crippen LogP contribution in [-0.4, -0.2) is 25.2 Å². The number of aliphatic imine (C=N–C) groups is 1. The van der Waals surface area contributed by atoms with Gasteiger partial charge in [0.2, 0.25) is 0 Å². The summed E-state index contributed by atoms with van der Waals surface area (Å²) in [6.07, 6.45) is 1.33. The quantitative estimate of drug-likeness (QED) is 0.599. The lowest BCUT2D eigenvalue weighted by atomic mass is 10.1. The Morgan fingerprint density at radius 2 is 1.95 bits per heavy atom. The second kappa shape index (κ2) is 9.40. The first kappa shape index (κ1) is 17.5. The number of hydrogen-bond donors (Lipinski definition) is 2. The van der Waals surface area contributed by atoms with Crippen molar-refractivity contribution in [3.05, 3.63) is 35.4 Å². The second-order valence-corrected chi connectivity index (χ2v) is 5.56. The van der Waals surface area contributed by atoms with E-state index in [9.17, 15) is 0 Å². The zero-order valence-electron chi connectivity index (χ0n) is 13.9. The van der Waals surface area contributed by atoms with E-state index in [1.807, 2.05) is 0 Å². The van der Waals surface area contributed by atoms with Crippen LogP contribution in [0.5, 0.6) is 0 Å². The van der Waals surface area contributed by atoms with E-state index in [4.69, 9.17) is 4.74 Å². The van der Waals surface area contributed by atoms with Crippen molar-refractivity contribution in [2.45, 2.75) is 59.4 Å². The molecule has 1 aromatic carbocycles. The van der Waals surface area contributed by atoms with E-state index in [1.165, 1.54) is 11.1 Å². The lowest BCUT2D eigenvalue weighted by molar-refractivity contribution is 0.0657. The topological polar surface area (TPSA) is 45.7 Å². The molecule has 0 aliphatic carbocycles. The van der Waals surface area contributed by atoms with Gasteiger partial charge in [0.1, 0.15) is 0 Å². The van der Waals surface area contributed by atoms with Crippen molar-refractivity contribution < 1.29 is 4.74 Å². The zero-order valence-corrected chi connectivity index (χ0v) is 13.9. The number of benzene rings is 1. The van der Waals surface area contributed by atoms with Crippen molar-refractivity contribution in [1.82, 2.24) is 10.6 Å². The van der Waals surface area contributed by atoms with Gasteiger partial charge in [-0.05, 0) is 38.3 Å². The molecule has 4 nitrogen and oxygen atoms in total. The van der Waals surface area contributed by atoms with Crippen LogP contribution < -0.4 is 10.6 Å². The molecule has 0 bridgehead atoms. The summed E-state index contributed by atoms with van der Waals surface area (Å²) in [5, 5.41) is 6.70. The smallest absolute Gasteiger partial charge is 0.191 e. The molecular weight excluding hydrogens is 262 g/mol. The minimum Gasteiger partial charge on any atom is -0.374 e. The molecule has 1 atom stereocenters. The molecule has 4 heteroatoms. The van der Waals surface area contributed by atoms with Gasteiger partial charge in [0.15, 0.2) is 5.96 Å². The normalized spacial score (nSPS) is 13.3. The average Bonchev–Trinajstić information content (AvgIpc) is 2.49. The summed E-state index contributed by atoms with van der Waals surface area (Å²) < 4.78 is 5.64. The summed E-state index contributed by atoms with van der Waals surface area (Å²) in [6.45, 7) is 9.82. The fourth-order valence-corrected chi connectivity index (χ4v) is 1.81. The standard InChI is InChI=1S/C17H29N3O/c1-6-14(4)20-17(18-5)19-11-15-8-7-9-16(10-15)12-21-13(2)3/h7-10,13-14H,6,11-12H2,1-5H3,(H2,18,19,20). The summed E-state index contributed by atoms with van der Waals surface area (Å²) in [4.78, 5) is 4.24. The molecule has 0 aromatic heterocycles. The number of nitrogens with zero attached hydrogens (tertiary/aromatic N) is 1. The molecule has 21 heavy (non-hydrogen) atoms. The van der Waals surface area contributed by atoms with E-state index in [2.05, 4.69) is 67.6 Å². The molecule has 0 spiro atoms. The van der Waals surface area contributed by atoms with Crippen LogP contribution in [-0.2, 0) is 17.9 Å². The molecule has 0 saturated heterocycles. The molecule has 1 unspecified atom stereocenters. The van der Waals surface area contributed by atoms with Crippen molar-refractivity contribution in [2.24, 2.45) is 4.99 Å². The van der Waals surface area contributed by atoms with Gasteiger partial charge in [0.25, 0.3) is 0 Å². The molecule has 2 N–H and O–H groups in total. The Labute approximate surface area is 129 Å². The summed E-state index contributed by atoms with van der Waals surface area (Å²) >= 11 is 0. The van der Waals surface area contributed by atoms with Crippen molar-refractivity contribution in [2.75, 3.05) is 7.05 Å². The van der Waals surface area contributed by atoms with E-state index in [0.29, 0.717) is 12.6 Å². The Bertz CT molecular complexity index is 443. The van der Waals surface area contributed by atoms with Gasteiger partial charge < -0.3 is 15.4 Å². The molecule has 0 fully saturated rings. The van der Waals surface area contributed by atoms with Crippen LogP contribution >= 0.6 is 0 Å². The van der Waals surface area contributed by atoms with Crippen molar-refractivity contribution >= 4 is 5.96 Å². The summed E-state index contributed by atoms with van der Waals surface area (Å²) in [7, 11) is 1.80. The van der Waals surface area contributed by atoms with E-state index in [-0.39, 0.29) is 6.10 Å². The minimum atomic E-state index is 0.255. The number of nitrogens with one attached hydrogen (secondary N) is 2. The Morgan fingerprint density at radius 3 is 2.57 bits per heavy atom. The lowest BCUT2D eigenvalue weighted by Crippen LogP contribution is -2.41. The summed E-state index contributed by atoms with van der Waals surface area (Å²) in [5.74, 6) is 0.841. The Balaban J connectivity index is 2.52. The third-order valence-corrected chi connectivity index (χ3v) is 3.25. The van der Waals surface area contributed by atoms with Gasteiger partial charge in [-0.15, -0.1) is 0 Å². The van der Waals surface area contributed by atoms with Crippen molar-refractivity contribution in [3.63, 3.8) is 0 Å². The molecule has 0 aliphatic heterocycles. The minimum absolute atomic E-state index is 0.255. The van der Waals surface area contributed by atoms with E-state index in [0.717, 1.165) is 18.9 Å². The highest BCUT2D eigenvalue weighted by Crippen LogP contribution is 2.08. The zero-order chi connectivity index (χ0) is 15.7. The molecule has 0 aliphatic rings. The van der Waals surface area contributed by atoms with E-state index < -0.39 is 0 Å². The van der Waals surface area contributed by atoms with Gasteiger partial charge in [-0.25, -0.2) is 0 Å². The van der Waals surface area contributed by atoms with Crippen LogP contribution in [0.3, 0.4) is 0 Å². The summed E-state index contributed by atoms with van der Waals surface area (Å²) in [5.41, 5.74) is 2.43. The molecule has 0 saturated carbocycles. The summed E-state index contributed by atoms with van der Waals surface area (Å²) in [6, 6.07) is 8.87. The molecule has 1 rings (SSSR count). The Hall–Kier alpha value is -1.55. The molecule has 1 aromatic rings. The van der Waals surface area contributed by atoms with Gasteiger partial charge in [-0.3, -0.25) is 4.99 Å². The number of rotatable bonds is 7. The Morgan fingerprint density at radius 1 is 1.24 bits per heavy atom. The highest BCUT2D eigenvalue weighted by Gasteiger charge is 2.03. The maximum atomic E-state index is 5.64. The van der Waals surface area contributed by atoms with E-state index in [1.54, 1.807) is 7.05 Å². The molecule has 118 valence electrons. The average molecular weight is 291 g/mol. The molecule has 0 heterocycles. The van der Waals surface area contributed by atoms with Gasteiger partial charge in [0, 0.05) is 19.6 Å². The number of guanidine groups is 1. The van der Waals surface area contributed by atoms with Crippen LogP contribution in [0.15, 0.2) is 29.3 Å². The van der Waals surface area contributed by atoms with Crippen molar-refractivity contribution in [3.8, 4) is 0 Å². The maximum absolute atomic E-state index is 5.64. The highest BCUT2D eigenvalue weighted by atomic mass is 16.5. The second-order valence-electron chi connectivity index (χ2n) is 5.56. The SMILES string of the molecule is CCC(C)NC(=NC)NCc1cccc(COC(C)C)c1. The van der Waals surface area contributed by atoms with E-state index >= 15 is 0 Å². The molecule has 0 amide bonds. The monoisotopic (exact) mass is 291 g/mol. The molecule has 0 radical (unpaired) electrons. The third-order valence-electron chi connectivity index (χ3n) is 3.25. The van der Waals surface area contributed by atoms with Gasteiger partial charge in [-0.2, -0.15) is 0 Å². The van der Waals surface area contributed by atoms with Crippen LogP contribution in [0.25, 0.3) is 0 Å². The first-order valence-corrected chi connectivity index (χ1v) is 7.71. The predicted octanol–water partition coefficient (Wildman–Crippen LogP) is 3.08. The Kier molecular flexibility index (Phi) is 7.83. The van der Waals surface area contributed by atoms with Crippen LogP contribution in [0.2, 0.25) is 0 Å². The first-order valence-electron chi connectivity index (χ1n) is 7.71. The number of hydrogen-bond acceptors (Lipinski definition) is 2. The third kappa shape index (κ3) is 7.14. The van der Waals surface area contributed by atoms with Gasteiger partial charge in [0.05, 0.1) is 12.7 Å². The van der Waals surface area contributed by atoms with Gasteiger partial charge in [-0.1, -0.05) is 31.2 Å². The maximum Gasteiger partial charge on any atom is 0.191 e. The number of ether oxygens (including phenoxy) is 1. The van der Waals surface area contributed by atoms with Crippen LogP contribution in [0, 0.1) is 0 Å². The van der Waals surface area contributed by atoms with Gasteiger partial charge >= 0.3 is 0 Å².